The van der Waals surface area contributed by atoms with Crippen LogP contribution in [0, 0.1) is 15.9 Å². The van der Waals surface area contributed by atoms with Crippen molar-refractivity contribution in [2.45, 2.75) is 0 Å². The highest BCUT2D eigenvalue weighted by Crippen LogP contribution is 2.28. The number of ether oxygens (including phenoxy) is 1. The summed E-state index contributed by atoms with van der Waals surface area (Å²) in [6.07, 6.45) is 1.21. The fourth-order valence-corrected chi connectivity index (χ4v) is 4.39. The van der Waals surface area contributed by atoms with Crippen LogP contribution in [0.25, 0.3) is 33.5 Å². The van der Waals surface area contributed by atoms with Gasteiger partial charge in [-0.15, -0.1) is 0 Å². The fourth-order valence-electron chi connectivity index (χ4n) is 4.39. The van der Waals surface area contributed by atoms with Gasteiger partial charge in [0, 0.05) is 28.8 Å². The van der Waals surface area contributed by atoms with Crippen LogP contribution < -0.4 is 15.6 Å². The second-order valence-corrected chi connectivity index (χ2v) is 9.29. The number of fused-ring (bicyclic) bond motifs is 2. The van der Waals surface area contributed by atoms with Gasteiger partial charge in [0.25, 0.3) is 17.2 Å². The second-order valence-electron chi connectivity index (χ2n) is 9.29. The van der Waals surface area contributed by atoms with Gasteiger partial charge in [-0.3, -0.25) is 19.7 Å². The minimum Gasteiger partial charge on any atom is -0.483 e. The average Bonchev–Trinajstić information content (AvgIpc) is 3.44. The number of hydrogen-bond acceptors (Lipinski definition) is 8. The topological polar surface area (TPSA) is 142 Å². The molecule has 43 heavy (non-hydrogen) atoms. The van der Waals surface area contributed by atoms with E-state index in [1.807, 2.05) is 18.2 Å². The number of nitrogens with zero attached hydrogens (tertiary/aromatic N) is 4. The van der Waals surface area contributed by atoms with Gasteiger partial charge in [-0.1, -0.05) is 36.4 Å². The zero-order valence-corrected chi connectivity index (χ0v) is 22.1. The molecule has 6 aromatic rings. The Kier molecular flexibility index (Phi) is 7.15. The molecule has 0 unspecified atom stereocenters. The van der Waals surface area contributed by atoms with E-state index < -0.39 is 28.8 Å². The first-order valence-electron chi connectivity index (χ1n) is 12.9. The number of aromatic nitrogens is 2. The van der Waals surface area contributed by atoms with Crippen molar-refractivity contribution < 1.29 is 23.3 Å². The molecule has 2 heterocycles. The van der Waals surface area contributed by atoms with Crippen molar-refractivity contribution in [3.05, 3.63) is 129 Å². The van der Waals surface area contributed by atoms with Gasteiger partial charge in [-0.25, -0.2) is 9.37 Å². The largest absolute Gasteiger partial charge is 0.483 e. The molecule has 0 saturated heterocycles. The third-order valence-corrected chi connectivity index (χ3v) is 6.38. The minimum atomic E-state index is -0.596. The molecule has 1 N–H and O–H groups in total. The monoisotopic (exact) mass is 577 g/mol. The van der Waals surface area contributed by atoms with E-state index in [1.165, 1.54) is 42.6 Å². The molecule has 0 fully saturated rings. The smallest absolute Gasteiger partial charge is 0.282 e. The maximum Gasteiger partial charge on any atom is 0.282 e. The van der Waals surface area contributed by atoms with E-state index in [4.69, 9.17) is 9.15 Å². The van der Waals surface area contributed by atoms with Crippen LogP contribution in [-0.2, 0) is 4.79 Å². The van der Waals surface area contributed by atoms with Crippen LogP contribution in [0.5, 0.6) is 5.75 Å². The number of carbonyl (C=O) groups excluding carboxylic acids is 1. The number of furan rings is 1. The highest BCUT2D eigenvalue weighted by Gasteiger charge is 2.17. The van der Waals surface area contributed by atoms with Gasteiger partial charge in [-0.05, 0) is 48.5 Å². The number of nitro benzene ring substituents is 1. The Morgan fingerprint density at radius 2 is 1.86 bits per heavy atom. The van der Waals surface area contributed by atoms with Crippen molar-refractivity contribution in [3.8, 4) is 17.3 Å². The lowest BCUT2D eigenvalue weighted by Gasteiger charge is -2.10. The Hall–Kier alpha value is -6.17. The minimum absolute atomic E-state index is 0.0795. The van der Waals surface area contributed by atoms with Crippen molar-refractivity contribution in [1.82, 2.24) is 9.66 Å². The van der Waals surface area contributed by atoms with Crippen molar-refractivity contribution in [3.63, 3.8) is 0 Å². The Morgan fingerprint density at radius 1 is 1.05 bits per heavy atom. The molecule has 0 radical (unpaired) electrons. The molecule has 12 heteroatoms. The summed E-state index contributed by atoms with van der Waals surface area (Å²) in [6.45, 7) is -0.489. The first-order chi connectivity index (χ1) is 20.9. The lowest BCUT2D eigenvalue weighted by Crippen LogP contribution is -2.21. The van der Waals surface area contributed by atoms with Crippen molar-refractivity contribution >= 4 is 45.4 Å². The van der Waals surface area contributed by atoms with Gasteiger partial charge in [0.05, 0.1) is 22.0 Å². The number of halogens is 1. The Morgan fingerprint density at radius 3 is 2.67 bits per heavy atom. The lowest BCUT2D eigenvalue weighted by atomic mass is 10.2. The molecule has 0 atom stereocenters. The van der Waals surface area contributed by atoms with Crippen LogP contribution in [0.15, 0.2) is 111 Å². The van der Waals surface area contributed by atoms with Gasteiger partial charge < -0.3 is 14.5 Å². The van der Waals surface area contributed by atoms with E-state index in [1.54, 1.807) is 36.4 Å². The molecule has 0 aliphatic rings. The summed E-state index contributed by atoms with van der Waals surface area (Å²) in [5, 5.41) is 19.5. The molecule has 4 aromatic carbocycles. The number of carbonyl (C=O) groups is 1. The number of anilines is 1. The zero-order chi connectivity index (χ0) is 29.9. The summed E-state index contributed by atoms with van der Waals surface area (Å²) >= 11 is 0. The number of para-hydroxylation sites is 2. The Labute approximate surface area is 241 Å². The van der Waals surface area contributed by atoms with E-state index in [0.717, 1.165) is 16.1 Å². The zero-order valence-electron chi connectivity index (χ0n) is 22.1. The lowest BCUT2D eigenvalue weighted by molar-refractivity contribution is -0.384. The molecule has 11 nitrogen and oxygen atoms in total. The molecule has 0 bridgehead atoms. The number of hydrogen-bond donors (Lipinski definition) is 1. The van der Waals surface area contributed by atoms with Gasteiger partial charge >= 0.3 is 0 Å². The first kappa shape index (κ1) is 27.0. The molecule has 6 rings (SSSR count). The summed E-state index contributed by atoms with van der Waals surface area (Å²) in [5.41, 5.74) is 0.599. The van der Waals surface area contributed by atoms with Gasteiger partial charge in [0.2, 0.25) is 5.82 Å². The quantitative estimate of drug-likeness (QED) is 0.138. The van der Waals surface area contributed by atoms with E-state index in [-0.39, 0.29) is 34.3 Å². The first-order valence-corrected chi connectivity index (χ1v) is 12.9. The predicted octanol–water partition coefficient (Wildman–Crippen LogP) is 5.76. The van der Waals surface area contributed by atoms with E-state index >= 15 is 0 Å². The molecule has 0 aliphatic heterocycles. The van der Waals surface area contributed by atoms with Crippen LogP contribution in [0.1, 0.15) is 5.56 Å². The average molecular weight is 578 g/mol. The molecule has 0 spiro atoms. The van der Waals surface area contributed by atoms with Crippen LogP contribution in [0.3, 0.4) is 0 Å². The molecule has 212 valence electrons. The third kappa shape index (κ3) is 5.70. The Balaban J connectivity index is 1.38. The molecule has 0 saturated carbocycles. The van der Waals surface area contributed by atoms with Gasteiger partial charge in [0.1, 0.15) is 17.1 Å². The highest BCUT2D eigenvalue weighted by atomic mass is 19.1. The van der Waals surface area contributed by atoms with E-state index in [2.05, 4.69) is 15.4 Å². The summed E-state index contributed by atoms with van der Waals surface area (Å²) < 4.78 is 26.1. The number of nitrogens with one attached hydrogen (secondary N) is 1. The normalized spacial score (nSPS) is 11.3. The maximum absolute atomic E-state index is 13.6. The molecular weight excluding hydrogens is 557 g/mol. The van der Waals surface area contributed by atoms with E-state index in [9.17, 15) is 24.1 Å². The third-order valence-electron chi connectivity index (χ3n) is 6.38. The fraction of sp³-hybridized carbons (Fsp3) is 0.0323. The number of non-ortho nitro benzene ring substituents is 1. The van der Waals surface area contributed by atoms with Crippen molar-refractivity contribution in [2.24, 2.45) is 5.10 Å². The number of nitro groups is 1. The highest BCUT2D eigenvalue weighted by molar-refractivity contribution is 5.92. The maximum atomic E-state index is 13.6. The number of amides is 1. The predicted molar refractivity (Wildman–Crippen MR) is 158 cm³/mol. The van der Waals surface area contributed by atoms with Gasteiger partial charge in [-0.2, -0.15) is 9.78 Å². The molecule has 0 aliphatic carbocycles. The number of benzene rings is 4. The summed E-state index contributed by atoms with van der Waals surface area (Å²) in [7, 11) is 0. The summed E-state index contributed by atoms with van der Waals surface area (Å²) in [4.78, 5) is 41.6. The second kappa shape index (κ2) is 11.4. The SMILES string of the molecule is O=C(COc1ccc([N+](=O)[O-])cc1C=Nn1c(-c2cc3ccccc3o2)nc2ccccc2c1=O)Nc1cccc(F)c1. The standard InChI is InChI=1S/C31H20FN5O6/c32-21-7-5-8-22(16-21)34-29(38)18-42-26-13-12-23(37(40)41)14-20(26)17-33-36-30(28-15-19-6-1-4-11-27(19)43-28)35-25-10-3-2-9-24(25)31(36)39/h1-17H,18H2,(H,34,38). The summed E-state index contributed by atoms with van der Waals surface area (Å²) in [5.74, 6) is -0.637. The molecule has 1 amide bonds. The summed E-state index contributed by atoms with van der Waals surface area (Å²) in [6, 6.07) is 24.9. The van der Waals surface area contributed by atoms with Crippen molar-refractivity contribution in [2.75, 3.05) is 11.9 Å². The van der Waals surface area contributed by atoms with Gasteiger partial charge in [0.15, 0.2) is 12.4 Å². The van der Waals surface area contributed by atoms with Crippen LogP contribution >= 0.6 is 0 Å². The Bertz CT molecular complexity index is 2090. The van der Waals surface area contributed by atoms with Crippen LogP contribution in [0.4, 0.5) is 15.8 Å². The molecule has 2 aromatic heterocycles. The molecular formula is C31H20FN5O6. The van der Waals surface area contributed by atoms with Crippen LogP contribution in [-0.4, -0.2) is 33.3 Å². The number of rotatable bonds is 8. The van der Waals surface area contributed by atoms with E-state index in [0.29, 0.717) is 16.5 Å². The van der Waals surface area contributed by atoms with Crippen molar-refractivity contribution in [1.29, 1.82) is 0 Å². The van der Waals surface area contributed by atoms with Crippen LogP contribution in [0.2, 0.25) is 0 Å².